The van der Waals surface area contributed by atoms with E-state index in [2.05, 4.69) is 31.3 Å². The molecule has 1 fully saturated rings. The Hall–Kier alpha value is -0.160. The van der Waals surface area contributed by atoms with Crippen molar-refractivity contribution in [2.45, 2.75) is 63.5 Å². The van der Waals surface area contributed by atoms with E-state index in [0.717, 1.165) is 13.0 Å². The van der Waals surface area contributed by atoms with Crippen LogP contribution in [0.1, 0.15) is 51.9 Å². The first kappa shape index (κ1) is 15.9. The average molecular weight is 257 g/mol. The lowest BCUT2D eigenvalue weighted by atomic mass is 9.82. The molecule has 1 aliphatic carbocycles. The van der Waals surface area contributed by atoms with E-state index in [4.69, 9.17) is 10.6 Å². The van der Waals surface area contributed by atoms with E-state index in [1.807, 2.05) is 0 Å². The Balaban J connectivity index is 2.71. The molecule has 0 bridgehead atoms. The highest BCUT2D eigenvalue weighted by molar-refractivity contribution is 4.99. The van der Waals surface area contributed by atoms with Crippen molar-refractivity contribution in [2.24, 2.45) is 5.84 Å². The van der Waals surface area contributed by atoms with E-state index in [-0.39, 0.29) is 11.6 Å². The van der Waals surface area contributed by atoms with Gasteiger partial charge >= 0.3 is 0 Å². The van der Waals surface area contributed by atoms with Gasteiger partial charge in [-0.25, -0.2) is 0 Å². The van der Waals surface area contributed by atoms with Crippen LogP contribution in [0.3, 0.4) is 0 Å². The molecule has 1 aliphatic rings. The number of hydrazine groups is 1. The molecule has 0 saturated heterocycles. The van der Waals surface area contributed by atoms with Crippen LogP contribution >= 0.6 is 0 Å². The van der Waals surface area contributed by atoms with E-state index in [9.17, 15) is 0 Å². The number of hydrogen-bond donors (Lipinski definition) is 2. The van der Waals surface area contributed by atoms with Gasteiger partial charge < -0.3 is 9.64 Å². The predicted octanol–water partition coefficient (Wildman–Crippen LogP) is 1.90. The summed E-state index contributed by atoms with van der Waals surface area (Å²) in [6, 6.07) is 0.220. The smallest absolute Gasteiger partial charge is 0.0651 e. The van der Waals surface area contributed by atoms with Crippen molar-refractivity contribution in [3.05, 3.63) is 0 Å². The maximum absolute atomic E-state index is 5.80. The molecule has 1 unspecified atom stereocenters. The van der Waals surface area contributed by atoms with Crippen molar-refractivity contribution in [1.29, 1.82) is 0 Å². The second-order valence-corrected chi connectivity index (χ2v) is 5.71. The number of hydrogen-bond acceptors (Lipinski definition) is 4. The summed E-state index contributed by atoms with van der Waals surface area (Å²) < 4.78 is 5.74. The number of ether oxygens (including phenoxy) is 1. The zero-order valence-electron chi connectivity index (χ0n) is 12.4. The number of likely N-dealkylation sites (N-methyl/N-ethyl adjacent to an activating group) is 1. The van der Waals surface area contributed by atoms with Gasteiger partial charge in [-0.3, -0.25) is 11.3 Å². The highest BCUT2D eigenvalue weighted by Gasteiger charge is 2.40. The van der Waals surface area contributed by atoms with E-state index in [1.165, 1.54) is 38.5 Å². The molecule has 1 saturated carbocycles. The SMILES string of the molecule is CCCOCC(NN)C1(N(C)C)CCCCCC1. The monoisotopic (exact) mass is 257 g/mol. The summed E-state index contributed by atoms with van der Waals surface area (Å²) in [5.41, 5.74) is 3.17. The Morgan fingerprint density at radius 3 is 2.28 bits per heavy atom. The lowest BCUT2D eigenvalue weighted by Gasteiger charge is -2.45. The molecule has 4 nitrogen and oxygen atoms in total. The molecule has 0 aliphatic heterocycles. The molecule has 0 radical (unpaired) electrons. The van der Waals surface area contributed by atoms with Crippen LogP contribution in [0.2, 0.25) is 0 Å². The van der Waals surface area contributed by atoms with Crippen LogP contribution in [0.4, 0.5) is 0 Å². The predicted molar refractivity (Wildman–Crippen MR) is 76.3 cm³/mol. The molecule has 0 aromatic rings. The molecule has 0 aromatic heterocycles. The minimum atomic E-state index is 0.152. The summed E-state index contributed by atoms with van der Waals surface area (Å²) in [7, 11) is 4.35. The molecule has 1 atom stereocenters. The molecule has 0 aromatic carbocycles. The number of rotatable bonds is 7. The fourth-order valence-electron chi connectivity index (χ4n) is 3.15. The normalized spacial score (nSPS) is 21.8. The second-order valence-electron chi connectivity index (χ2n) is 5.71. The molecular weight excluding hydrogens is 226 g/mol. The maximum Gasteiger partial charge on any atom is 0.0651 e. The van der Waals surface area contributed by atoms with Gasteiger partial charge in [-0.2, -0.15) is 0 Å². The third-order valence-corrected chi connectivity index (χ3v) is 4.34. The zero-order chi connectivity index (χ0) is 13.4. The largest absolute Gasteiger partial charge is 0.380 e. The summed E-state index contributed by atoms with van der Waals surface area (Å²) in [4.78, 5) is 2.36. The Bertz CT molecular complexity index is 213. The highest BCUT2D eigenvalue weighted by Crippen LogP contribution is 2.34. The second kappa shape index (κ2) is 8.10. The van der Waals surface area contributed by atoms with Crippen LogP contribution in [0.15, 0.2) is 0 Å². The topological polar surface area (TPSA) is 50.5 Å². The number of nitrogens with zero attached hydrogens (tertiary/aromatic N) is 1. The van der Waals surface area contributed by atoms with E-state index >= 15 is 0 Å². The van der Waals surface area contributed by atoms with Gasteiger partial charge in [-0.1, -0.05) is 32.6 Å². The summed E-state index contributed by atoms with van der Waals surface area (Å²) in [5, 5.41) is 0. The van der Waals surface area contributed by atoms with Crippen LogP contribution in [0.5, 0.6) is 0 Å². The van der Waals surface area contributed by atoms with Crippen LogP contribution in [-0.2, 0) is 4.74 Å². The van der Waals surface area contributed by atoms with E-state index < -0.39 is 0 Å². The van der Waals surface area contributed by atoms with Gasteiger partial charge in [0, 0.05) is 12.1 Å². The molecule has 108 valence electrons. The molecule has 0 heterocycles. The van der Waals surface area contributed by atoms with E-state index in [1.54, 1.807) is 0 Å². The van der Waals surface area contributed by atoms with Crippen molar-refractivity contribution in [2.75, 3.05) is 27.3 Å². The standard InChI is InChI=1S/C14H31N3O/c1-4-11-18-12-13(16-15)14(17(2)3)9-7-5-6-8-10-14/h13,16H,4-12,15H2,1-3H3. The van der Waals surface area contributed by atoms with Crippen molar-refractivity contribution < 1.29 is 4.74 Å². The Kier molecular flexibility index (Phi) is 7.15. The van der Waals surface area contributed by atoms with Gasteiger partial charge in [0.15, 0.2) is 0 Å². The van der Waals surface area contributed by atoms with Crippen molar-refractivity contribution in [1.82, 2.24) is 10.3 Å². The molecule has 0 amide bonds. The Morgan fingerprint density at radius 2 is 1.83 bits per heavy atom. The first-order valence-electron chi connectivity index (χ1n) is 7.38. The van der Waals surface area contributed by atoms with Gasteiger partial charge in [0.2, 0.25) is 0 Å². The van der Waals surface area contributed by atoms with Gasteiger partial charge in [0.1, 0.15) is 0 Å². The van der Waals surface area contributed by atoms with Gasteiger partial charge in [0.25, 0.3) is 0 Å². The highest BCUT2D eigenvalue weighted by atomic mass is 16.5. The summed E-state index contributed by atoms with van der Waals surface area (Å²) in [6.07, 6.45) is 8.78. The lowest BCUT2D eigenvalue weighted by Crippen LogP contribution is -2.62. The Morgan fingerprint density at radius 1 is 1.22 bits per heavy atom. The number of nitrogens with one attached hydrogen (secondary N) is 1. The maximum atomic E-state index is 5.80. The summed E-state index contributed by atoms with van der Waals surface area (Å²) in [5.74, 6) is 5.80. The fraction of sp³-hybridized carbons (Fsp3) is 1.00. The quantitative estimate of drug-likeness (QED) is 0.316. The van der Waals surface area contributed by atoms with E-state index in [0.29, 0.717) is 6.61 Å². The van der Waals surface area contributed by atoms with Crippen LogP contribution in [0.25, 0.3) is 0 Å². The molecule has 0 spiro atoms. The Labute approximate surface area is 112 Å². The first-order valence-corrected chi connectivity index (χ1v) is 7.38. The zero-order valence-corrected chi connectivity index (χ0v) is 12.4. The first-order chi connectivity index (χ1) is 8.67. The third-order valence-electron chi connectivity index (χ3n) is 4.34. The van der Waals surface area contributed by atoms with Crippen molar-refractivity contribution in [3.63, 3.8) is 0 Å². The average Bonchev–Trinajstić information content (AvgIpc) is 2.61. The van der Waals surface area contributed by atoms with Gasteiger partial charge in [-0.15, -0.1) is 0 Å². The summed E-state index contributed by atoms with van der Waals surface area (Å²) in [6.45, 7) is 3.67. The van der Waals surface area contributed by atoms with Crippen molar-refractivity contribution >= 4 is 0 Å². The minimum Gasteiger partial charge on any atom is -0.380 e. The molecule has 3 N–H and O–H groups in total. The van der Waals surface area contributed by atoms with Crippen LogP contribution in [-0.4, -0.2) is 43.8 Å². The van der Waals surface area contributed by atoms with Gasteiger partial charge in [0.05, 0.1) is 12.6 Å². The molecule has 18 heavy (non-hydrogen) atoms. The fourth-order valence-corrected chi connectivity index (χ4v) is 3.15. The van der Waals surface area contributed by atoms with Crippen LogP contribution in [0, 0.1) is 0 Å². The van der Waals surface area contributed by atoms with Crippen LogP contribution < -0.4 is 11.3 Å². The van der Waals surface area contributed by atoms with Gasteiger partial charge in [-0.05, 0) is 33.4 Å². The minimum absolute atomic E-state index is 0.152. The lowest BCUT2D eigenvalue weighted by molar-refractivity contribution is 0.0203. The number of nitrogens with two attached hydrogens (primary N) is 1. The molecule has 4 heteroatoms. The third kappa shape index (κ3) is 3.92. The molecule has 1 rings (SSSR count). The van der Waals surface area contributed by atoms with Crippen molar-refractivity contribution in [3.8, 4) is 0 Å². The summed E-state index contributed by atoms with van der Waals surface area (Å²) >= 11 is 0. The molecular formula is C14H31N3O.